The number of aromatic nitrogens is 2. The van der Waals surface area contributed by atoms with Gasteiger partial charge in [0.25, 0.3) is 11.2 Å². The Bertz CT molecular complexity index is 756. The number of aromatic amines is 1. The molecule has 0 fully saturated rings. The van der Waals surface area contributed by atoms with Gasteiger partial charge in [0.2, 0.25) is 0 Å². The summed E-state index contributed by atoms with van der Waals surface area (Å²) < 4.78 is 0. The van der Waals surface area contributed by atoms with Crippen LogP contribution in [0.1, 0.15) is 10.4 Å². The number of hydrogen-bond donors (Lipinski definition) is 3. The zero-order valence-corrected chi connectivity index (χ0v) is 11.1. The van der Waals surface area contributed by atoms with E-state index < -0.39 is 22.1 Å². The van der Waals surface area contributed by atoms with Crippen molar-refractivity contribution in [3.05, 3.63) is 50.3 Å². The summed E-state index contributed by atoms with van der Waals surface area (Å²) in [6.07, 6.45) is 0. The van der Waals surface area contributed by atoms with E-state index in [9.17, 15) is 19.7 Å². The fourth-order valence-electron chi connectivity index (χ4n) is 1.54. The Morgan fingerprint density at radius 2 is 2.19 bits per heavy atom. The Morgan fingerprint density at radius 3 is 2.76 bits per heavy atom. The molecule has 0 amide bonds. The smallest absolute Gasteiger partial charge is 0.337 e. The first-order valence-electron chi connectivity index (χ1n) is 5.44. The highest BCUT2D eigenvalue weighted by molar-refractivity contribution is 7.99. The Balaban J connectivity index is 2.58. The van der Waals surface area contributed by atoms with Crippen LogP contribution >= 0.6 is 11.8 Å². The van der Waals surface area contributed by atoms with E-state index in [1.807, 2.05) is 0 Å². The molecule has 9 nitrogen and oxygen atoms in total. The van der Waals surface area contributed by atoms with Crippen molar-refractivity contribution in [2.75, 3.05) is 5.73 Å². The molecule has 1 heterocycles. The molecule has 21 heavy (non-hydrogen) atoms. The van der Waals surface area contributed by atoms with Gasteiger partial charge < -0.3 is 15.8 Å². The maximum absolute atomic E-state index is 11.3. The summed E-state index contributed by atoms with van der Waals surface area (Å²) in [5, 5.41) is 20.1. The molecule has 0 saturated carbocycles. The molecule has 108 valence electrons. The van der Waals surface area contributed by atoms with E-state index in [-0.39, 0.29) is 21.4 Å². The zero-order valence-electron chi connectivity index (χ0n) is 10.3. The Kier molecular flexibility index (Phi) is 3.89. The number of carboxylic acid groups (broad SMARTS) is 1. The maximum atomic E-state index is 11.3. The van der Waals surface area contributed by atoms with E-state index in [0.717, 1.165) is 6.07 Å². The summed E-state index contributed by atoms with van der Waals surface area (Å²) in [5.74, 6) is -1.40. The van der Waals surface area contributed by atoms with E-state index in [1.165, 1.54) is 18.2 Å². The highest BCUT2D eigenvalue weighted by Gasteiger charge is 2.23. The van der Waals surface area contributed by atoms with E-state index in [4.69, 9.17) is 10.8 Å². The third kappa shape index (κ3) is 3.17. The van der Waals surface area contributed by atoms with Crippen molar-refractivity contribution in [2.24, 2.45) is 0 Å². The molecule has 4 N–H and O–H groups in total. The third-order valence-corrected chi connectivity index (χ3v) is 3.38. The number of nitro benzene ring substituents is 1. The summed E-state index contributed by atoms with van der Waals surface area (Å²) >= 11 is 0.657. The number of anilines is 1. The first-order valence-corrected chi connectivity index (χ1v) is 6.25. The second-order valence-corrected chi connectivity index (χ2v) is 4.79. The molecule has 0 aliphatic carbocycles. The van der Waals surface area contributed by atoms with Crippen molar-refractivity contribution in [1.82, 2.24) is 9.97 Å². The van der Waals surface area contributed by atoms with Gasteiger partial charge >= 0.3 is 5.97 Å². The predicted octanol–water partition coefficient (Wildman–Crippen LogP) is 1.11. The number of hydrogen-bond acceptors (Lipinski definition) is 7. The van der Waals surface area contributed by atoms with Gasteiger partial charge in [0, 0.05) is 12.1 Å². The van der Waals surface area contributed by atoms with Gasteiger partial charge in [-0.2, -0.15) is 0 Å². The van der Waals surface area contributed by atoms with Crippen LogP contribution < -0.4 is 11.3 Å². The van der Waals surface area contributed by atoms with Crippen LogP contribution in [0.25, 0.3) is 0 Å². The second kappa shape index (κ2) is 5.63. The normalized spacial score (nSPS) is 10.3. The van der Waals surface area contributed by atoms with E-state index >= 15 is 0 Å². The third-order valence-electron chi connectivity index (χ3n) is 2.36. The van der Waals surface area contributed by atoms with Gasteiger partial charge in [-0.3, -0.25) is 14.9 Å². The quantitative estimate of drug-likeness (QED) is 0.431. The number of carbonyl (C=O) groups is 1. The van der Waals surface area contributed by atoms with E-state index in [1.54, 1.807) is 0 Å². The largest absolute Gasteiger partial charge is 0.478 e. The summed E-state index contributed by atoms with van der Waals surface area (Å²) in [6, 6.07) is 4.70. The number of carboxylic acids is 1. The maximum Gasteiger partial charge on any atom is 0.337 e. The molecule has 0 radical (unpaired) electrons. The number of rotatable bonds is 4. The van der Waals surface area contributed by atoms with Gasteiger partial charge in [-0.05, 0) is 17.8 Å². The molecular weight excluding hydrogens is 300 g/mol. The van der Waals surface area contributed by atoms with Crippen LogP contribution in [-0.4, -0.2) is 26.0 Å². The van der Waals surface area contributed by atoms with E-state index in [0.29, 0.717) is 11.8 Å². The summed E-state index contributed by atoms with van der Waals surface area (Å²) in [4.78, 5) is 38.8. The molecule has 0 bridgehead atoms. The van der Waals surface area contributed by atoms with Gasteiger partial charge in [-0.1, -0.05) is 6.07 Å². The zero-order chi connectivity index (χ0) is 15.6. The summed E-state index contributed by atoms with van der Waals surface area (Å²) in [7, 11) is 0. The number of H-pyrrole nitrogens is 1. The lowest BCUT2D eigenvalue weighted by Gasteiger charge is -2.06. The summed E-state index contributed by atoms with van der Waals surface area (Å²) in [6.45, 7) is 0. The molecule has 0 unspecified atom stereocenters. The van der Waals surface area contributed by atoms with Crippen molar-refractivity contribution in [3.8, 4) is 0 Å². The molecule has 0 aliphatic heterocycles. The topological polar surface area (TPSA) is 152 Å². The van der Waals surface area contributed by atoms with Crippen LogP contribution in [0.5, 0.6) is 0 Å². The molecule has 10 heteroatoms. The molecule has 2 rings (SSSR count). The molecule has 0 atom stereocenters. The minimum Gasteiger partial charge on any atom is -0.478 e. The number of nitrogens with one attached hydrogen (secondary N) is 1. The molecule has 1 aromatic carbocycles. The second-order valence-electron chi connectivity index (χ2n) is 3.79. The van der Waals surface area contributed by atoms with Crippen LogP contribution in [0.3, 0.4) is 0 Å². The number of nitrogen functional groups attached to an aromatic ring is 1. The first kappa shape index (κ1) is 14.5. The van der Waals surface area contributed by atoms with Crippen LogP contribution in [0.4, 0.5) is 11.5 Å². The van der Waals surface area contributed by atoms with Crippen molar-refractivity contribution < 1.29 is 14.8 Å². The minimum absolute atomic E-state index is 0.0307. The SMILES string of the molecule is Nc1cc(=O)[nH]c(Sc2c(C(=O)O)cccc2[N+](=O)[O-])n1. The highest BCUT2D eigenvalue weighted by Crippen LogP contribution is 2.35. The van der Waals surface area contributed by atoms with Crippen LogP contribution in [0, 0.1) is 10.1 Å². The van der Waals surface area contributed by atoms with Crippen LogP contribution in [-0.2, 0) is 0 Å². The summed E-state index contributed by atoms with van der Waals surface area (Å²) in [5.41, 5.74) is 4.21. The molecule has 2 aromatic rings. The average Bonchev–Trinajstić information content (AvgIpc) is 2.37. The highest BCUT2D eigenvalue weighted by atomic mass is 32.2. The Morgan fingerprint density at radius 1 is 1.48 bits per heavy atom. The van der Waals surface area contributed by atoms with Gasteiger partial charge in [0.1, 0.15) is 10.7 Å². The predicted molar refractivity (Wildman–Crippen MR) is 73.4 cm³/mol. The first-order chi connectivity index (χ1) is 9.88. The number of nitrogens with two attached hydrogens (primary N) is 1. The van der Waals surface area contributed by atoms with Crippen molar-refractivity contribution in [2.45, 2.75) is 10.1 Å². The van der Waals surface area contributed by atoms with Crippen molar-refractivity contribution in [1.29, 1.82) is 0 Å². The molecule has 0 saturated heterocycles. The number of benzene rings is 1. The molecular formula is C11H8N4O5S. The monoisotopic (exact) mass is 308 g/mol. The Hall–Kier alpha value is -2.88. The van der Waals surface area contributed by atoms with Crippen molar-refractivity contribution in [3.63, 3.8) is 0 Å². The van der Waals surface area contributed by atoms with Gasteiger partial charge in [0.15, 0.2) is 5.16 Å². The fourth-order valence-corrected chi connectivity index (χ4v) is 2.55. The molecule has 0 aliphatic rings. The van der Waals surface area contributed by atoms with Crippen LogP contribution in [0.15, 0.2) is 39.1 Å². The number of aromatic carboxylic acids is 1. The minimum atomic E-state index is -1.33. The lowest BCUT2D eigenvalue weighted by atomic mass is 10.2. The number of nitrogens with zero attached hydrogens (tertiary/aromatic N) is 2. The lowest BCUT2D eigenvalue weighted by molar-refractivity contribution is -0.387. The van der Waals surface area contributed by atoms with Crippen molar-refractivity contribution >= 4 is 29.2 Å². The van der Waals surface area contributed by atoms with Gasteiger partial charge in [0.05, 0.1) is 10.5 Å². The van der Waals surface area contributed by atoms with Gasteiger partial charge in [-0.15, -0.1) is 0 Å². The number of nitro groups is 1. The standard InChI is InChI=1S/C11H8N4O5S/c12-7-4-8(16)14-11(13-7)21-9-5(10(17)18)2-1-3-6(9)15(19)20/h1-4H,(H,17,18)(H3,12,13,14,16). The average molecular weight is 308 g/mol. The molecule has 0 spiro atoms. The Labute approximate surface area is 121 Å². The van der Waals surface area contributed by atoms with Crippen LogP contribution in [0.2, 0.25) is 0 Å². The lowest BCUT2D eigenvalue weighted by Crippen LogP contribution is -2.10. The van der Waals surface area contributed by atoms with E-state index in [2.05, 4.69) is 9.97 Å². The fraction of sp³-hybridized carbons (Fsp3) is 0. The molecule has 1 aromatic heterocycles. The van der Waals surface area contributed by atoms with Gasteiger partial charge in [-0.25, -0.2) is 9.78 Å².